The van der Waals surface area contributed by atoms with Crippen LogP contribution in [0.25, 0.3) is 0 Å². The molecule has 0 aliphatic rings. The Kier molecular flexibility index (Phi) is 3.81. The van der Waals surface area contributed by atoms with Crippen molar-refractivity contribution in [2.24, 2.45) is 0 Å². The van der Waals surface area contributed by atoms with E-state index in [4.69, 9.17) is 4.52 Å². The number of hydrogen-bond donors (Lipinski definition) is 1. The molecule has 2 rings (SSSR count). The van der Waals surface area contributed by atoms with E-state index in [1.165, 1.54) is 4.68 Å². The summed E-state index contributed by atoms with van der Waals surface area (Å²) in [5.41, 5.74) is 1.31. The third-order valence-corrected chi connectivity index (χ3v) is 3.18. The number of anilines is 1. The first kappa shape index (κ1) is 12.8. The van der Waals surface area contributed by atoms with Gasteiger partial charge in [0.1, 0.15) is 4.47 Å². The SMILES string of the molecule is CCn1ncc(NCc2cc(C)no2)c(Br)c1=O. The minimum Gasteiger partial charge on any atom is -0.375 e. The molecule has 0 aliphatic heterocycles. The third kappa shape index (κ3) is 2.61. The molecule has 2 aromatic heterocycles. The number of rotatable bonds is 4. The lowest BCUT2D eigenvalue weighted by atomic mass is 10.3. The highest BCUT2D eigenvalue weighted by Gasteiger charge is 2.08. The van der Waals surface area contributed by atoms with Crippen LogP contribution in [0.4, 0.5) is 5.69 Å². The standard InChI is InChI=1S/C11H13BrN4O2/c1-3-16-11(17)10(12)9(6-14-16)13-5-8-4-7(2)15-18-8/h4,6,13H,3,5H2,1-2H3. The molecule has 0 spiro atoms. The summed E-state index contributed by atoms with van der Waals surface area (Å²) in [6, 6.07) is 1.83. The minimum absolute atomic E-state index is 0.156. The van der Waals surface area contributed by atoms with Crippen LogP contribution in [-0.4, -0.2) is 14.9 Å². The number of aryl methyl sites for hydroxylation is 2. The van der Waals surface area contributed by atoms with Crippen molar-refractivity contribution in [2.75, 3.05) is 5.32 Å². The summed E-state index contributed by atoms with van der Waals surface area (Å²) < 4.78 is 6.92. The summed E-state index contributed by atoms with van der Waals surface area (Å²) in [5.74, 6) is 0.707. The van der Waals surface area contributed by atoms with Gasteiger partial charge in [-0.3, -0.25) is 4.79 Å². The van der Waals surface area contributed by atoms with Crippen molar-refractivity contribution in [1.82, 2.24) is 14.9 Å². The molecule has 0 saturated heterocycles. The van der Waals surface area contributed by atoms with Crippen molar-refractivity contribution in [3.8, 4) is 0 Å². The Morgan fingerprint density at radius 3 is 2.94 bits per heavy atom. The molecule has 0 atom stereocenters. The van der Waals surface area contributed by atoms with Gasteiger partial charge in [-0.25, -0.2) is 4.68 Å². The van der Waals surface area contributed by atoms with E-state index in [9.17, 15) is 4.79 Å². The van der Waals surface area contributed by atoms with Gasteiger partial charge in [-0.15, -0.1) is 0 Å². The van der Waals surface area contributed by atoms with E-state index in [1.807, 2.05) is 19.9 Å². The predicted octanol–water partition coefficient (Wildman–Crippen LogP) is 1.93. The van der Waals surface area contributed by atoms with Crippen LogP contribution in [0.5, 0.6) is 0 Å². The lowest BCUT2D eigenvalue weighted by Crippen LogP contribution is -2.23. The maximum absolute atomic E-state index is 11.8. The highest BCUT2D eigenvalue weighted by molar-refractivity contribution is 9.10. The zero-order valence-corrected chi connectivity index (χ0v) is 11.7. The van der Waals surface area contributed by atoms with Crippen molar-refractivity contribution in [3.63, 3.8) is 0 Å². The predicted molar refractivity (Wildman–Crippen MR) is 70.4 cm³/mol. The molecule has 0 aliphatic carbocycles. The summed E-state index contributed by atoms with van der Waals surface area (Å²) >= 11 is 3.27. The second-order valence-electron chi connectivity index (χ2n) is 3.78. The Morgan fingerprint density at radius 2 is 2.33 bits per heavy atom. The van der Waals surface area contributed by atoms with Gasteiger partial charge in [-0.05, 0) is 29.8 Å². The Balaban J connectivity index is 2.15. The first-order valence-electron chi connectivity index (χ1n) is 5.53. The van der Waals surface area contributed by atoms with Crippen molar-refractivity contribution in [2.45, 2.75) is 26.9 Å². The van der Waals surface area contributed by atoms with Crippen molar-refractivity contribution in [1.29, 1.82) is 0 Å². The van der Waals surface area contributed by atoms with E-state index in [0.717, 1.165) is 5.69 Å². The molecular weight excluding hydrogens is 300 g/mol. The highest BCUT2D eigenvalue weighted by Crippen LogP contribution is 2.17. The summed E-state index contributed by atoms with van der Waals surface area (Å²) in [6.45, 7) is 4.72. The maximum Gasteiger partial charge on any atom is 0.283 e. The fourth-order valence-corrected chi connectivity index (χ4v) is 1.94. The molecule has 0 fully saturated rings. The molecule has 0 aromatic carbocycles. The van der Waals surface area contributed by atoms with E-state index in [-0.39, 0.29) is 5.56 Å². The zero-order valence-electron chi connectivity index (χ0n) is 10.1. The van der Waals surface area contributed by atoms with E-state index in [0.29, 0.717) is 29.0 Å². The van der Waals surface area contributed by atoms with E-state index in [2.05, 4.69) is 31.5 Å². The van der Waals surface area contributed by atoms with Gasteiger partial charge >= 0.3 is 0 Å². The van der Waals surface area contributed by atoms with Crippen molar-refractivity contribution < 1.29 is 4.52 Å². The van der Waals surface area contributed by atoms with Crippen LogP contribution >= 0.6 is 15.9 Å². The average molecular weight is 313 g/mol. The number of nitrogens with one attached hydrogen (secondary N) is 1. The van der Waals surface area contributed by atoms with Gasteiger partial charge in [0.2, 0.25) is 0 Å². The second kappa shape index (κ2) is 5.34. The van der Waals surface area contributed by atoms with Gasteiger partial charge in [-0.2, -0.15) is 5.10 Å². The summed E-state index contributed by atoms with van der Waals surface area (Å²) in [4.78, 5) is 11.8. The lowest BCUT2D eigenvalue weighted by molar-refractivity contribution is 0.384. The molecular formula is C11H13BrN4O2. The normalized spacial score (nSPS) is 10.6. The van der Waals surface area contributed by atoms with Gasteiger partial charge in [-0.1, -0.05) is 5.16 Å². The number of hydrogen-bond acceptors (Lipinski definition) is 5. The van der Waals surface area contributed by atoms with Crippen molar-refractivity contribution >= 4 is 21.6 Å². The monoisotopic (exact) mass is 312 g/mol. The first-order chi connectivity index (χ1) is 8.61. The summed E-state index contributed by atoms with van der Waals surface area (Å²) in [5, 5.41) is 10.9. The quantitative estimate of drug-likeness (QED) is 0.934. The third-order valence-electron chi connectivity index (χ3n) is 2.41. The van der Waals surface area contributed by atoms with Crippen molar-refractivity contribution in [3.05, 3.63) is 38.5 Å². The lowest BCUT2D eigenvalue weighted by Gasteiger charge is -2.07. The molecule has 0 radical (unpaired) electrons. The number of nitrogens with zero attached hydrogens (tertiary/aromatic N) is 3. The largest absolute Gasteiger partial charge is 0.375 e. The van der Waals surface area contributed by atoms with Crippen LogP contribution in [0.15, 0.2) is 26.1 Å². The molecule has 6 nitrogen and oxygen atoms in total. The molecule has 96 valence electrons. The van der Waals surface area contributed by atoms with E-state index < -0.39 is 0 Å². The Hall–Kier alpha value is -1.63. The fraction of sp³-hybridized carbons (Fsp3) is 0.364. The Morgan fingerprint density at radius 1 is 1.56 bits per heavy atom. The van der Waals surface area contributed by atoms with Gasteiger partial charge < -0.3 is 9.84 Å². The number of halogens is 1. The van der Waals surface area contributed by atoms with Crippen LogP contribution in [0.3, 0.4) is 0 Å². The van der Waals surface area contributed by atoms with Gasteiger partial charge in [0.25, 0.3) is 5.56 Å². The van der Waals surface area contributed by atoms with E-state index in [1.54, 1.807) is 6.20 Å². The van der Waals surface area contributed by atoms with Crippen LogP contribution in [0, 0.1) is 6.92 Å². The van der Waals surface area contributed by atoms with Crippen LogP contribution in [-0.2, 0) is 13.1 Å². The second-order valence-corrected chi connectivity index (χ2v) is 4.57. The summed E-state index contributed by atoms with van der Waals surface area (Å²) in [6.07, 6.45) is 1.61. The molecule has 18 heavy (non-hydrogen) atoms. The molecule has 1 N–H and O–H groups in total. The molecule has 2 heterocycles. The van der Waals surface area contributed by atoms with Crippen LogP contribution in [0.2, 0.25) is 0 Å². The molecule has 0 saturated carbocycles. The molecule has 7 heteroatoms. The average Bonchev–Trinajstić information content (AvgIpc) is 2.77. The van der Waals surface area contributed by atoms with Gasteiger partial charge in [0.15, 0.2) is 5.76 Å². The highest BCUT2D eigenvalue weighted by atomic mass is 79.9. The molecule has 0 bridgehead atoms. The smallest absolute Gasteiger partial charge is 0.283 e. The summed E-state index contributed by atoms with van der Waals surface area (Å²) in [7, 11) is 0. The molecule has 0 unspecified atom stereocenters. The number of aromatic nitrogens is 3. The van der Waals surface area contributed by atoms with Crippen LogP contribution in [0.1, 0.15) is 18.4 Å². The Labute approximate surface area is 112 Å². The first-order valence-corrected chi connectivity index (χ1v) is 6.32. The fourth-order valence-electron chi connectivity index (χ4n) is 1.50. The zero-order chi connectivity index (χ0) is 13.1. The van der Waals surface area contributed by atoms with Crippen LogP contribution < -0.4 is 10.9 Å². The van der Waals surface area contributed by atoms with Gasteiger partial charge in [0.05, 0.1) is 24.1 Å². The topological polar surface area (TPSA) is 73.0 Å². The minimum atomic E-state index is -0.156. The molecule has 2 aromatic rings. The Bertz CT molecular complexity index is 605. The van der Waals surface area contributed by atoms with E-state index >= 15 is 0 Å². The van der Waals surface area contributed by atoms with Gasteiger partial charge in [0, 0.05) is 12.6 Å². The maximum atomic E-state index is 11.8. The molecule has 0 amide bonds.